The lowest BCUT2D eigenvalue weighted by atomic mass is 10.1. The number of amides is 1. The number of hydrogen-bond donors (Lipinski definition) is 1. The van der Waals surface area contributed by atoms with Crippen LogP contribution in [0.5, 0.6) is 0 Å². The van der Waals surface area contributed by atoms with Crippen molar-refractivity contribution in [3.63, 3.8) is 0 Å². The Balaban J connectivity index is 1.57. The summed E-state index contributed by atoms with van der Waals surface area (Å²) >= 11 is 1.76. The summed E-state index contributed by atoms with van der Waals surface area (Å²) in [6, 6.07) is 14.2. The first-order chi connectivity index (χ1) is 11.3. The van der Waals surface area contributed by atoms with E-state index in [0.717, 1.165) is 30.6 Å². The Bertz CT molecular complexity index is 688. The van der Waals surface area contributed by atoms with Crippen LogP contribution in [0, 0.1) is 11.3 Å². The highest BCUT2D eigenvalue weighted by Gasteiger charge is 2.28. The fourth-order valence-electron chi connectivity index (χ4n) is 3.00. The van der Waals surface area contributed by atoms with Crippen LogP contribution in [0.2, 0.25) is 0 Å². The second kappa shape index (κ2) is 7.40. The molecule has 2 aromatic rings. The van der Waals surface area contributed by atoms with E-state index in [2.05, 4.69) is 33.8 Å². The molecule has 0 bridgehead atoms. The van der Waals surface area contributed by atoms with Crippen LogP contribution in [0.1, 0.15) is 29.3 Å². The van der Waals surface area contributed by atoms with Gasteiger partial charge in [0.1, 0.15) is 0 Å². The zero-order chi connectivity index (χ0) is 16.1. The number of anilines is 1. The van der Waals surface area contributed by atoms with Gasteiger partial charge in [-0.25, -0.2) is 0 Å². The number of nitriles is 1. The van der Waals surface area contributed by atoms with Crippen molar-refractivity contribution in [3.8, 4) is 6.07 Å². The van der Waals surface area contributed by atoms with Gasteiger partial charge in [-0.2, -0.15) is 5.26 Å². The predicted octanol–water partition coefficient (Wildman–Crippen LogP) is 3.59. The van der Waals surface area contributed by atoms with Gasteiger partial charge >= 0.3 is 0 Å². The smallest absolute Gasteiger partial charge is 0.238 e. The number of thiophene rings is 1. The predicted molar refractivity (Wildman–Crippen MR) is 92.3 cm³/mol. The molecule has 0 radical (unpaired) electrons. The molecule has 0 saturated carbocycles. The molecule has 1 N–H and O–H groups in total. The zero-order valence-corrected chi connectivity index (χ0v) is 13.7. The number of carbonyl (C=O) groups excluding carboxylic acids is 1. The summed E-state index contributed by atoms with van der Waals surface area (Å²) < 4.78 is 0. The van der Waals surface area contributed by atoms with Crippen LogP contribution >= 0.6 is 11.3 Å². The number of benzene rings is 1. The van der Waals surface area contributed by atoms with Crippen molar-refractivity contribution < 1.29 is 4.79 Å². The molecular formula is C18H19N3OS. The molecule has 2 heterocycles. The molecule has 1 aliphatic rings. The Morgan fingerprint density at radius 3 is 2.87 bits per heavy atom. The lowest BCUT2D eigenvalue weighted by Crippen LogP contribution is -2.32. The molecule has 3 rings (SSSR count). The molecule has 23 heavy (non-hydrogen) atoms. The molecule has 0 spiro atoms. The van der Waals surface area contributed by atoms with E-state index in [1.54, 1.807) is 11.3 Å². The van der Waals surface area contributed by atoms with Crippen LogP contribution in [0.15, 0.2) is 41.8 Å². The van der Waals surface area contributed by atoms with Crippen molar-refractivity contribution in [2.45, 2.75) is 25.3 Å². The molecule has 4 nitrogen and oxygen atoms in total. The molecule has 1 fully saturated rings. The molecule has 5 heteroatoms. The topological polar surface area (TPSA) is 56.1 Å². The number of nitrogens with one attached hydrogen (secondary N) is 1. The van der Waals surface area contributed by atoms with Crippen molar-refractivity contribution in [1.82, 2.24) is 4.90 Å². The van der Waals surface area contributed by atoms with E-state index in [-0.39, 0.29) is 5.91 Å². The van der Waals surface area contributed by atoms with Gasteiger partial charge in [-0.15, -0.1) is 11.3 Å². The quantitative estimate of drug-likeness (QED) is 0.914. The van der Waals surface area contributed by atoms with Crippen LogP contribution in [0.4, 0.5) is 5.69 Å². The van der Waals surface area contributed by atoms with E-state index in [1.165, 1.54) is 4.88 Å². The van der Waals surface area contributed by atoms with Gasteiger partial charge in [-0.1, -0.05) is 18.2 Å². The van der Waals surface area contributed by atoms with Crippen LogP contribution in [0.3, 0.4) is 0 Å². The van der Waals surface area contributed by atoms with Crippen molar-refractivity contribution in [2.75, 3.05) is 18.4 Å². The summed E-state index contributed by atoms with van der Waals surface area (Å²) in [4.78, 5) is 15.9. The zero-order valence-electron chi connectivity index (χ0n) is 12.9. The van der Waals surface area contributed by atoms with E-state index in [9.17, 15) is 4.79 Å². The van der Waals surface area contributed by atoms with E-state index >= 15 is 0 Å². The molecule has 0 unspecified atom stereocenters. The van der Waals surface area contributed by atoms with Gasteiger partial charge in [0.2, 0.25) is 5.91 Å². The monoisotopic (exact) mass is 325 g/mol. The maximum Gasteiger partial charge on any atom is 0.238 e. The lowest BCUT2D eigenvalue weighted by Gasteiger charge is -2.22. The minimum atomic E-state index is 0.0153. The average molecular weight is 325 g/mol. The van der Waals surface area contributed by atoms with Crippen LogP contribution in [-0.4, -0.2) is 23.9 Å². The van der Waals surface area contributed by atoms with Gasteiger partial charge in [0, 0.05) is 16.6 Å². The maximum absolute atomic E-state index is 12.3. The Labute approximate surface area is 140 Å². The highest BCUT2D eigenvalue weighted by Crippen LogP contribution is 2.34. The van der Waals surface area contributed by atoms with E-state index in [0.29, 0.717) is 19.0 Å². The number of hydrogen-bond acceptors (Lipinski definition) is 4. The first-order valence-corrected chi connectivity index (χ1v) is 8.67. The highest BCUT2D eigenvalue weighted by atomic mass is 32.1. The van der Waals surface area contributed by atoms with E-state index in [4.69, 9.17) is 5.26 Å². The van der Waals surface area contributed by atoms with Gasteiger partial charge in [0.15, 0.2) is 0 Å². The SMILES string of the molecule is N#CCc1ccc(NC(=O)CN2CCC[C@@H]2c2cccs2)cc1. The fourth-order valence-corrected chi connectivity index (χ4v) is 3.90. The summed E-state index contributed by atoms with van der Waals surface area (Å²) in [6.45, 7) is 1.39. The minimum Gasteiger partial charge on any atom is -0.325 e. The van der Waals surface area contributed by atoms with Gasteiger partial charge in [-0.3, -0.25) is 9.69 Å². The lowest BCUT2D eigenvalue weighted by molar-refractivity contribution is -0.117. The average Bonchev–Trinajstić information content (AvgIpc) is 3.20. The Kier molecular flexibility index (Phi) is 5.06. The minimum absolute atomic E-state index is 0.0153. The van der Waals surface area contributed by atoms with Crippen LogP contribution in [0.25, 0.3) is 0 Å². The van der Waals surface area contributed by atoms with Crippen LogP contribution < -0.4 is 5.32 Å². The number of rotatable bonds is 5. The van der Waals surface area contributed by atoms with Crippen molar-refractivity contribution in [1.29, 1.82) is 5.26 Å². The molecule has 1 aromatic carbocycles. The first kappa shape index (κ1) is 15.7. The Morgan fingerprint density at radius 1 is 1.35 bits per heavy atom. The number of nitrogens with zero attached hydrogens (tertiary/aromatic N) is 2. The van der Waals surface area contributed by atoms with Gasteiger partial charge in [-0.05, 0) is 48.5 Å². The third-order valence-electron chi connectivity index (χ3n) is 4.10. The van der Waals surface area contributed by atoms with Gasteiger partial charge < -0.3 is 5.32 Å². The molecule has 118 valence electrons. The Hall–Kier alpha value is -2.16. The largest absolute Gasteiger partial charge is 0.325 e. The molecule has 1 atom stereocenters. The van der Waals surface area contributed by atoms with Crippen molar-refractivity contribution >= 4 is 22.9 Å². The fraction of sp³-hybridized carbons (Fsp3) is 0.333. The summed E-state index contributed by atoms with van der Waals surface area (Å²) in [6.07, 6.45) is 2.65. The molecular weight excluding hydrogens is 306 g/mol. The first-order valence-electron chi connectivity index (χ1n) is 7.79. The maximum atomic E-state index is 12.3. The summed E-state index contributed by atoms with van der Waals surface area (Å²) in [5, 5.41) is 13.7. The number of carbonyl (C=O) groups is 1. The summed E-state index contributed by atoms with van der Waals surface area (Å²) in [5.74, 6) is 0.0153. The van der Waals surface area contributed by atoms with Gasteiger partial charge in [0.05, 0.1) is 19.0 Å². The third kappa shape index (κ3) is 3.98. The second-order valence-electron chi connectivity index (χ2n) is 5.72. The van der Waals surface area contributed by atoms with Crippen molar-refractivity contribution in [3.05, 3.63) is 52.2 Å². The molecule has 1 aromatic heterocycles. The Morgan fingerprint density at radius 2 is 2.17 bits per heavy atom. The number of likely N-dealkylation sites (tertiary alicyclic amines) is 1. The molecule has 1 amide bonds. The van der Waals surface area contributed by atoms with Crippen LogP contribution in [-0.2, 0) is 11.2 Å². The van der Waals surface area contributed by atoms with E-state index in [1.807, 2.05) is 24.3 Å². The standard InChI is InChI=1S/C18H19N3OS/c19-10-9-14-5-7-15(8-6-14)20-18(22)13-21-11-1-3-16(21)17-4-2-12-23-17/h2,4-8,12,16H,1,3,9,11,13H2,(H,20,22)/t16-/m1/s1. The van der Waals surface area contributed by atoms with E-state index < -0.39 is 0 Å². The molecule has 0 aliphatic carbocycles. The van der Waals surface area contributed by atoms with Gasteiger partial charge in [0.25, 0.3) is 0 Å². The normalized spacial score (nSPS) is 17.8. The summed E-state index contributed by atoms with van der Waals surface area (Å²) in [5.41, 5.74) is 1.74. The molecule has 1 saturated heterocycles. The third-order valence-corrected chi connectivity index (χ3v) is 5.08. The second-order valence-corrected chi connectivity index (χ2v) is 6.70. The summed E-state index contributed by atoms with van der Waals surface area (Å²) in [7, 11) is 0. The molecule has 1 aliphatic heterocycles. The highest BCUT2D eigenvalue weighted by molar-refractivity contribution is 7.10. The van der Waals surface area contributed by atoms with Crippen molar-refractivity contribution in [2.24, 2.45) is 0 Å².